The summed E-state index contributed by atoms with van der Waals surface area (Å²) in [6, 6.07) is 8.80. The van der Waals surface area contributed by atoms with Crippen molar-refractivity contribution in [2.24, 2.45) is 0 Å². The molecule has 0 radical (unpaired) electrons. The second kappa shape index (κ2) is 8.08. The minimum atomic E-state index is -3.99. The number of hydrogen-bond donors (Lipinski definition) is 2. The summed E-state index contributed by atoms with van der Waals surface area (Å²) in [7, 11) is -3.99. The molecule has 1 saturated heterocycles. The third kappa shape index (κ3) is 3.82. The molecule has 1 atom stereocenters. The number of nitrogens with zero attached hydrogens (tertiary/aromatic N) is 1. The first-order valence-corrected chi connectivity index (χ1v) is 11.3. The van der Waals surface area contributed by atoms with Crippen molar-refractivity contribution in [3.63, 3.8) is 0 Å². The first kappa shape index (κ1) is 21.5. The van der Waals surface area contributed by atoms with Crippen LogP contribution in [0.5, 0.6) is 5.75 Å². The molecule has 2 N–H and O–H groups in total. The van der Waals surface area contributed by atoms with Gasteiger partial charge >= 0.3 is 0 Å². The highest BCUT2D eigenvalue weighted by atomic mass is 32.2. The van der Waals surface area contributed by atoms with E-state index in [0.29, 0.717) is 12.4 Å². The number of rotatable bonds is 6. The third-order valence-electron chi connectivity index (χ3n) is 5.12. The van der Waals surface area contributed by atoms with E-state index in [4.69, 9.17) is 4.74 Å². The predicted molar refractivity (Wildman–Crippen MR) is 112 cm³/mol. The topological polar surface area (TPSA) is 139 Å². The van der Waals surface area contributed by atoms with Crippen LogP contribution >= 0.6 is 0 Å². The molecule has 4 rings (SSSR count). The van der Waals surface area contributed by atoms with Gasteiger partial charge in [0.1, 0.15) is 11.8 Å². The highest BCUT2D eigenvalue weighted by molar-refractivity contribution is 7.92. The Morgan fingerprint density at radius 1 is 1.06 bits per heavy atom. The highest BCUT2D eigenvalue weighted by Gasteiger charge is 2.44. The normalized spacial score (nSPS) is 18.4. The van der Waals surface area contributed by atoms with Crippen molar-refractivity contribution in [3.8, 4) is 5.75 Å². The number of imide groups is 2. The molecular formula is C21H19N3O7S. The molecule has 0 saturated carbocycles. The number of carbonyl (C=O) groups is 4. The summed E-state index contributed by atoms with van der Waals surface area (Å²) in [6.45, 7) is 2.15. The number of fused-ring (bicyclic) bond motifs is 1. The van der Waals surface area contributed by atoms with Gasteiger partial charge in [-0.1, -0.05) is 6.07 Å². The van der Waals surface area contributed by atoms with Crippen LogP contribution in [0, 0.1) is 0 Å². The average Bonchev–Trinajstić information content (AvgIpc) is 2.98. The van der Waals surface area contributed by atoms with Crippen LogP contribution in [0.25, 0.3) is 0 Å². The van der Waals surface area contributed by atoms with Gasteiger partial charge in [-0.2, -0.15) is 0 Å². The average molecular weight is 457 g/mol. The molecule has 166 valence electrons. The standard InChI is InChI=1S/C21H19N3O7S/c1-2-31-13-4-3-5-14(11-13)32(29,30)23-12-6-7-15-16(10-12)21(28)24(20(15)27)17-8-9-18(25)22-19(17)26/h3-7,10-11,17,23H,2,8-9H2,1H3,(H,22,25,26). The van der Waals surface area contributed by atoms with Crippen molar-refractivity contribution < 1.29 is 32.3 Å². The SMILES string of the molecule is CCOc1cccc(S(=O)(=O)Nc2ccc3c(c2)C(=O)N(C2CCC(=O)NC2=O)C3=O)c1. The zero-order valence-electron chi connectivity index (χ0n) is 17.0. The van der Waals surface area contributed by atoms with Gasteiger partial charge in [-0.15, -0.1) is 0 Å². The molecule has 10 nitrogen and oxygen atoms in total. The van der Waals surface area contributed by atoms with Gasteiger partial charge in [0.05, 0.1) is 22.6 Å². The first-order chi connectivity index (χ1) is 15.2. The summed E-state index contributed by atoms with van der Waals surface area (Å²) in [4.78, 5) is 49.9. The number of anilines is 1. The third-order valence-corrected chi connectivity index (χ3v) is 6.50. The summed E-state index contributed by atoms with van der Waals surface area (Å²) < 4.78 is 33.3. The Morgan fingerprint density at radius 3 is 2.53 bits per heavy atom. The lowest BCUT2D eigenvalue weighted by Gasteiger charge is -2.27. The smallest absolute Gasteiger partial charge is 0.262 e. The van der Waals surface area contributed by atoms with Crippen molar-refractivity contribution >= 4 is 39.3 Å². The van der Waals surface area contributed by atoms with Crippen molar-refractivity contribution in [3.05, 3.63) is 53.6 Å². The molecule has 0 spiro atoms. The van der Waals surface area contributed by atoms with Gasteiger partial charge in [0.25, 0.3) is 21.8 Å². The summed E-state index contributed by atoms with van der Waals surface area (Å²) in [6.07, 6.45) is 0.0431. The van der Waals surface area contributed by atoms with Crippen LogP contribution in [0.15, 0.2) is 47.4 Å². The molecular weight excluding hydrogens is 438 g/mol. The predicted octanol–water partition coefficient (Wildman–Crippen LogP) is 1.29. The van der Waals surface area contributed by atoms with Crippen molar-refractivity contribution in [1.29, 1.82) is 0 Å². The lowest BCUT2D eigenvalue weighted by molar-refractivity contribution is -0.136. The molecule has 2 heterocycles. The Morgan fingerprint density at radius 2 is 1.81 bits per heavy atom. The van der Waals surface area contributed by atoms with Gasteiger partial charge in [-0.3, -0.25) is 34.1 Å². The van der Waals surface area contributed by atoms with E-state index in [1.54, 1.807) is 19.1 Å². The maximum atomic E-state index is 12.9. The Balaban J connectivity index is 1.59. The zero-order valence-corrected chi connectivity index (χ0v) is 17.8. The lowest BCUT2D eigenvalue weighted by Crippen LogP contribution is -2.54. The van der Waals surface area contributed by atoms with Crippen LogP contribution in [0.2, 0.25) is 0 Å². The molecule has 1 fully saturated rings. The number of sulfonamides is 1. The number of amides is 4. The Labute approximate surface area is 183 Å². The van der Waals surface area contributed by atoms with Crippen LogP contribution in [0.1, 0.15) is 40.5 Å². The van der Waals surface area contributed by atoms with E-state index in [2.05, 4.69) is 10.0 Å². The second-order valence-electron chi connectivity index (χ2n) is 7.22. The number of hydrogen-bond acceptors (Lipinski definition) is 7. The van der Waals surface area contributed by atoms with Gasteiger partial charge in [0.2, 0.25) is 11.8 Å². The Hall–Kier alpha value is -3.73. The molecule has 0 aromatic heterocycles. The molecule has 32 heavy (non-hydrogen) atoms. The lowest BCUT2D eigenvalue weighted by atomic mass is 10.0. The van der Waals surface area contributed by atoms with Crippen LogP contribution in [0.3, 0.4) is 0 Å². The van der Waals surface area contributed by atoms with E-state index in [0.717, 1.165) is 4.90 Å². The highest BCUT2D eigenvalue weighted by Crippen LogP contribution is 2.30. The maximum Gasteiger partial charge on any atom is 0.262 e. The van der Waals surface area contributed by atoms with E-state index in [9.17, 15) is 27.6 Å². The van der Waals surface area contributed by atoms with Crippen LogP contribution in [-0.2, 0) is 19.6 Å². The molecule has 1 unspecified atom stereocenters. The van der Waals surface area contributed by atoms with Crippen LogP contribution in [0.4, 0.5) is 5.69 Å². The minimum absolute atomic E-state index is 0.00959. The molecule has 2 aliphatic heterocycles. The van der Waals surface area contributed by atoms with Crippen molar-refractivity contribution in [2.45, 2.75) is 30.7 Å². The zero-order chi connectivity index (χ0) is 23.0. The van der Waals surface area contributed by atoms with Gasteiger partial charge in [0.15, 0.2) is 0 Å². The number of piperidine rings is 1. The van der Waals surface area contributed by atoms with E-state index in [1.807, 2.05) is 0 Å². The molecule has 11 heteroatoms. The Bertz CT molecular complexity index is 1260. The number of nitrogens with one attached hydrogen (secondary N) is 2. The van der Waals surface area contributed by atoms with E-state index in [-0.39, 0.29) is 34.6 Å². The molecule has 0 aliphatic carbocycles. The van der Waals surface area contributed by atoms with Gasteiger partial charge in [0, 0.05) is 18.2 Å². The van der Waals surface area contributed by atoms with Gasteiger partial charge < -0.3 is 4.74 Å². The molecule has 2 aliphatic rings. The molecule has 2 aromatic rings. The number of benzene rings is 2. The van der Waals surface area contributed by atoms with E-state index >= 15 is 0 Å². The second-order valence-corrected chi connectivity index (χ2v) is 8.90. The van der Waals surface area contributed by atoms with Crippen LogP contribution in [-0.4, -0.2) is 49.6 Å². The van der Waals surface area contributed by atoms with Crippen molar-refractivity contribution in [2.75, 3.05) is 11.3 Å². The number of carbonyl (C=O) groups excluding carboxylic acids is 4. The first-order valence-electron chi connectivity index (χ1n) is 9.82. The van der Waals surface area contributed by atoms with E-state index < -0.39 is 39.7 Å². The summed E-state index contributed by atoms with van der Waals surface area (Å²) >= 11 is 0. The summed E-state index contributed by atoms with van der Waals surface area (Å²) in [5.41, 5.74) is 0.112. The molecule has 0 bridgehead atoms. The fourth-order valence-electron chi connectivity index (χ4n) is 3.65. The fourth-order valence-corrected chi connectivity index (χ4v) is 4.73. The minimum Gasteiger partial charge on any atom is -0.494 e. The monoisotopic (exact) mass is 457 g/mol. The number of ether oxygens (including phenoxy) is 1. The Kier molecular flexibility index (Phi) is 5.43. The summed E-state index contributed by atoms with van der Waals surface area (Å²) in [5.74, 6) is -2.18. The maximum absolute atomic E-state index is 12.9. The van der Waals surface area contributed by atoms with E-state index in [1.165, 1.54) is 30.3 Å². The van der Waals surface area contributed by atoms with Gasteiger partial charge in [-0.05, 0) is 43.7 Å². The molecule has 2 aromatic carbocycles. The van der Waals surface area contributed by atoms with Gasteiger partial charge in [-0.25, -0.2) is 8.42 Å². The quantitative estimate of drug-likeness (QED) is 0.623. The van der Waals surface area contributed by atoms with Crippen LogP contribution < -0.4 is 14.8 Å². The summed E-state index contributed by atoms with van der Waals surface area (Å²) in [5, 5.41) is 2.12. The fraction of sp³-hybridized carbons (Fsp3) is 0.238. The van der Waals surface area contributed by atoms with Crippen molar-refractivity contribution in [1.82, 2.24) is 10.2 Å². The largest absolute Gasteiger partial charge is 0.494 e. The molecule has 4 amide bonds.